The molecule has 4 aromatic heterocycles. The second-order valence-electron chi connectivity index (χ2n) is 29.6. The van der Waals surface area contributed by atoms with Crippen LogP contribution in [0.15, 0.2) is 127 Å². The average Bonchev–Trinajstić information content (AvgIpc) is 1.56. The van der Waals surface area contributed by atoms with E-state index in [2.05, 4.69) is 52.4 Å². The molecule has 7 heterocycles. The molecule has 3 saturated carbocycles. The summed E-state index contributed by atoms with van der Waals surface area (Å²) in [7, 11) is 0. The van der Waals surface area contributed by atoms with Gasteiger partial charge in [0.1, 0.15) is 16.8 Å². The molecule has 106 heavy (non-hydrogen) atoms. The number of hydrogen-bond acceptors (Lipinski definition) is 23. The molecule has 0 bridgehead atoms. The van der Waals surface area contributed by atoms with Crippen LogP contribution in [0.4, 0.5) is 14.4 Å². The standard InChI is InChI=1S/C25H30N4O6.C24H27N5O5.C15H16N4O3.C9H15NO4.CH4/c1-25(2,3)34-24(33)29-13-17(14-29)20(30)12-26-22(31)16-9-18(10-16)27-23(32)19-11-21(35-28-19)15-7-5-4-6-8-15;1-24(2,3)33-23(31)29-12-16(13-29)22-27-26-21(32-22)15-9-17(10-15)25-20(30)18-11-19(34-28-18)14-7-5-4-6-8-14;16-18-14(20)10-6-11(7-10)17-15(21)12-8-13(22-19-12)9-4-2-1-3-5-9;1-9(2,3)14-8(13)10-4-6(5-10)7(11)12;/h4-8,11,16-18H,9-10,12-14H2,1-3H3,(H,26,31)(H,27,32);4-8,11,15-17H,9-10,12-13H2,1-3H3,(H,25,30);1-5,8,10-11H,6-7,16H2,(H,17,21)(H,18,20);6H,4-5H2,1-3H3,(H,11,12);1H4. The van der Waals surface area contributed by atoms with Gasteiger partial charge < -0.3 is 73.3 Å². The Morgan fingerprint density at radius 3 is 1.14 bits per heavy atom. The number of Topliss-reactive ketones (excluding diaryl/α,β-unsaturated/α-hetero) is 1. The second-order valence-corrected chi connectivity index (χ2v) is 29.6. The SMILES string of the molecule is C.CC(C)(C)OC(=O)N1CC(C(=O)CNC(=O)C2CC(NC(=O)c3cc(-c4ccccc4)on3)C2)C1.CC(C)(C)OC(=O)N1CC(C(=O)O)C1.CC(C)(C)OC(=O)N1CC(c2nnc(C3CC(NC(=O)c4cc(-c5ccccc5)on4)C3)o2)C1.NNC(=O)C1CC(NC(=O)c2cc(-c3ccccc3)on2)C1. The molecule has 6 fully saturated rings. The van der Waals surface area contributed by atoms with Crippen molar-refractivity contribution >= 4 is 59.6 Å². The van der Waals surface area contributed by atoms with Crippen LogP contribution in [0.1, 0.15) is 163 Å². The lowest BCUT2D eigenvalue weighted by Crippen LogP contribution is -2.56. The van der Waals surface area contributed by atoms with Crippen LogP contribution in [-0.2, 0) is 33.4 Å². The van der Waals surface area contributed by atoms with Crippen LogP contribution in [0.3, 0.4) is 0 Å². The van der Waals surface area contributed by atoms with E-state index in [1.807, 2.05) is 112 Å². The minimum absolute atomic E-state index is 0. The first kappa shape index (κ1) is 78.8. The Morgan fingerprint density at radius 2 is 0.792 bits per heavy atom. The van der Waals surface area contributed by atoms with Gasteiger partial charge in [0.05, 0.1) is 24.3 Å². The van der Waals surface area contributed by atoms with Gasteiger partial charge in [-0.3, -0.25) is 39.0 Å². The number of nitrogens with two attached hydrogens (primary N) is 1. The van der Waals surface area contributed by atoms with E-state index in [9.17, 15) is 47.9 Å². The average molecular weight is 1470 g/mol. The normalized spacial score (nSPS) is 19.5. The fourth-order valence-electron chi connectivity index (χ4n) is 11.5. The number of amides is 8. The summed E-state index contributed by atoms with van der Waals surface area (Å²) in [5.41, 5.74) is 3.70. The highest BCUT2D eigenvalue weighted by atomic mass is 16.6. The minimum Gasteiger partial charge on any atom is -0.481 e. The molecule has 3 aliphatic heterocycles. The van der Waals surface area contributed by atoms with Crippen molar-refractivity contribution < 1.29 is 85.2 Å². The number of carboxylic acids is 1. The number of aromatic nitrogens is 5. The van der Waals surface area contributed by atoms with Gasteiger partial charge in [0.15, 0.2) is 40.1 Å². The summed E-state index contributed by atoms with van der Waals surface area (Å²) in [6.07, 6.45) is 2.37. The molecule has 3 saturated heterocycles. The number of rotatable bonds is 17. The maximum atomic E-state index is 12.5. The molecule has 32 nitrogen and oxygen atoms in total. The predicted molar refractivity (Wildman–Crippen MR) is 379 cm³/mol. The number of nitrogens with zero attached hydrogens (tertiary/aromatic N) is 8. The number of hydrogen-bond donors (Lipinski definition) is 7. The van der Waals surface area contributed by atoms with Crippen molar-refractivity contribution in [2.24, 2.45) is 29.5 Å². The Balaban J connectivity index is 0.000000171. The molecule has 8 amide bonds. The third kappa shape index (κ3) is 21.4. The zero-order valence-electron chi connectivity index (χ0n) is 59.8. The van der Waals surface area contributed by atoms with Gasteiger partial charge in [0.25, 0.3) is 17.7 Å². The zero-order chi connectivity index (χ0) is 75.5. The summed E-state index contributed by atoms with van der Waals surface area (Å²) in [6.45, 7) is 18.3. The fourth-order valence-corrected chi connectivity index (χ4v) is 11.5. The Kier molecular flexibility index (Phi) is 25.3. The summed E-state index contributed by atoms with van der Waals surface area (Å²) in [4.78, 5) is 123. The van der Waals surface area contributed by atoms with Gasteiger partial charge >= 0.3 is 24.2 Å². The molecule has 0 radical (unpaired) electrons. The number of carbonyl (C=O) groups excluding carboxylic acids is 9. The van der Waals surface area contributed by atoms with Crippen molar-refractivity contribution in [1.82, 2.24) is 67.1 Å². The molecule has 0 atom stereocenters. The molecular weight excluding hydrogens is 1370 g/mol. The van der Waals surface area contributed by atoms with Gasteiger partial charge in [0, 0.05) is 110 Å². The van der Waals surface area contributed by atoms with Crippen molar-refractivity contribution in [2.75, 3.05) is 45.8 Å². The number of hydrazine groups is 1. The monoisotopic (exact) mass is 1460 g/mol. The smallest absolute Gasteiger partial charge is 0.410 e. The van der Waals surface area contributed by atoms with Gasteiger partial charge in [-0.2, -0.15) is 0 Å². The third-order valence-corrected chi connectivity index (χ3v) is 17.7. The molecule has 13 rings (SSSR count). The largest absolute Gasteiger partial charge is 0.481 e. The van der Waals surface area contributed by atoms with Gasteiger partial charge in [0.2, 0.25) is 23.6 Å². The van der Waals surface area contributed by atoms with Gasteiger partial charge in [-0.1, -0.05) is 114 Å². The van der Waals surface area contributed by atoms with Crippen LogP contribution in [0.5, 0.6) is 0 Å². The Bertz CT molecular complexity index is 4200. The first-order valence-electron chi connectivity index (χ1n) is 34.6. The van der Waals surface area contributed by atoms with Crippen LogP contribution in [0, 0.1) is 23.7 Å². The van der Waals surface area contributed by atoms with Crippen molar-refractivity contribution in [3.63, 3.8) is 0 Å². The molecular formula is C74H92N14O18. The van der Waals surface area contributed by atoms with Crippen molar-refractivity contribution in [3.8, 4) is 34.0 Å². The third-order valence-electron chi connectivity index (χ3n) is 17.7. The fraction of sp³-hybridized carbons (Fsp3) is 0.473. The molecule has 3 aliphatic carbocycles. The first-order chi connectivity index (χ1) is 49.8. The lowest BCUT2D eigenvalue weighted by atomic mass is 9.79. The molecule has 0 spiro atoms. The van der Waals surface area contributed by atoms with E-state index in [4.69, 9.17) is 43.1 Å². The number of ketones is 1. The van der Waals surface area contributed by atoms with Crippen LogP contribution in [-0.4, -0.2) is 186 Å². The number of carboxylic acid groups (broad SMARTS) is 1. The number of ether oxygens (including phenoxy) is 3. The molecule has 6 aliphatic rings. The van der Waals surface area contributed by atoms with Crippen LogP contribution in [0.2, 0.25) is 0 Å². The summed E-state index contributed by atoms with van der Waals surface area (Å²) in [5, 5.41) is 39.8. The minimum atomic E-state index is -0.857. The quantitative estimate of drug-likeness (QED) is 0.0194. The van der Waals surface area contributed by atoms with Gasteiger partial charge in [-0.25, -0.2) is 20.2 Å². The van der Waals surface area contributed by atoms with E-state index in [0.717, 1.165) is 16.7 Å². The molecule has 3 aromatic carbocycles. The first-order valence-corrected chi connectivity index (χ1v) is 34.6. The topological polar surface area (TPSA) is 432 Å². The number of aliphatic carboxylic acids is 1. The van der Waals surface area contributed by atoms with E-state index in [1.165, 1.54) is 9.80 Å². The van der Waals surface area contributed by atoms with Crippen LogP contribution < -0.4 is 32.5 Å². The Labute approximate surface area is 611 Å². The lowest BCUT2D eigenvalue weighted by molar-refractivity contribution is -0.147. The summed E-state index contributed by atoms with van der Waals surface area (Å²) >= 11 is 0. The maximum Gasteiger partial charge on any atom is 0.410 e. The van der Waals surface area contributed by atoms with Crippen LogP contribution >= 0.6 is 0 Å². The number of benzene rings is 3. The van der Waals surface area contributed by atoms with Gasteiger partial charge in [-0.05, 0) is 101 Å². The van der Waals surface area contributed by atoms with E-state index >= 15 is 0 Å². The highest BCUT2D eigenvalue weighted by Crippen LogP contribution is 2.39. The zero-order valence-corrected chi connectivity index (χ0v) is 59.8. The highest BCUT2D eigenvalue weighted by Gasteiger charge is 2.43. The maximum absolute atomic E-state index is 12.5. The number of nitrogens with one attached hydrogen (secondary N) is 5. The van der Waals surface area contributed by atoms with E-state index in [1.54, 1.807) is 64.6 Å². The van der Waals surface area contributed by atoms with E-state index < -0.39 is 40.9 Å². The van der Waals surface area contributed by atoms with Crippen molar-refractivity contribution in [1.29, 1.82) is 0 Å². The molecule has 32 heteroatoms. The number of likely N-dealkylation sites (tertiary alicyclic amines) is 3. The molecule has 8 N–H and O–H groups in total. The summed E-state index contributed by atoms with van der Waals surface area (Å²) < 4.78 is 37.3. The van der Waals surface area contributed by atoms with Crippen LogP contribution in [0.25, 0.3) is 34.0 Å². The summed E-state index contributed by atoms with van der Waals surface area (Å²) in [6, 6.07) is 33.0. The Morgan fingerprint density at radius 1 is 0.462 bits per heavy atom. The summed E-state index contributed by atoms with van der Waals surface area (Å²) in [5.74, 6) is 4.51. The Hall–Kier alpha value is -11.3. The predicted octanol–water partition coefficient (Wildman–Crippen LogP) is 8.55. The van der Waals surface area contributed by atoms with Gasteiger partial charge in [-0.15, -0.1) is 10.2 Å². The van der Waals surface area contributed by atoms with E-state index in [-0.39, 0.29) is 133 Å². The molecule has 566 valence electrons. The van der Waals surface area contributed by atoms with Crippen molar-refractivity contribution in [3.05, 3.63) is 138 Å². The number of carbonyl (C=O) groups is 10. The molecule has 7 aromatic rings. The molecule has 0 unspecified atom stereocenters. The lowest BCUT2D eigenvalue weighted by Gasteiger charge is -2.39. The van der Waals surface area contributed by atoms with E-state index in [0.29, 0.717) is 93.8 Å². The second kappa shape index (κ2) is 34.1. The van der Waals surface area contributed by atoms with Crippen molar-refractivity contribution in [2.45, 2.75) is 155 Å². The highest BCUT2D eigenvalue weighted by molar-refractivity contribution is 5.95.